The number of ether oxygens (including phenoxy) is 6. The molecule has 76 heavy (non-hydrogen) atoms. The molecule has 4 aromatic carbocycles. The Morgan fingerprint density at radius 1 is 0.592 bits per heavy atom. The van der Waals surface area contributed by atoms with E-state index in [1.165, 1.54) is 53.6 Å². The number of aromatic nitrogens is 6. The molecule has 0 radical (unpaired) electrons. The number of esters is 4. The van der Waals surface area contributed by atoms with Crippen molar-refractivity contribution in [1.29, 1.82) is 0 Å². The molecule has 7 aromatic rings. The summed E-state index contributed by atoms with van der Waals surface area (Å²) in [6, 6.07) is 35.0. The van der Waals surface area contributed by atoms with Crippen LogP contribution in [0, 0.1) is 0 Å². The van der Waals surface area contributed by atoms with E-state index in [0.717, 1.165) is 21.4 Å². The summed E-state index contributed by atoms with van der Waals surface area (Å²) >= 11 is 0. The molecular weight excluding hydrogens is 989 g/mol. The highest BCUT2D eigenvalue weighted by Crippen LogP contribution is 2.45. The van der Waals surface area contributed by atoms with Crippen LogP contribution in [0.3, 0.4) is 0 Å². The van der Waals surface area contributed by atoms with Crippen LogP contribution in [0.25, 0.3) is 26.7 Å². The Morgan fingerprint density at radius 2 is 1.00 bits per heavy atom. The van der Waals surface area contributed by atoms with Gasteiger partial charge in [-0.15, -0.1) is 0 Å². The average molecular weight is 1030 g/mol. The van der Waals surface area contributed by atoms with Crippen LogP contribution in [0.2, 0.25) is 0 Å². The fraction of sp³-hybridized carbons (Fsp3) is 0.235. The number of carbonyl (C=O) groups excluding carboxylic acids is 4. The lowest BCUT2D eigenvalue weighted by atomic mass is 10.0. The van der Waals surface area contributed by atoms with Gasteiger partial charge in [0.25, 0.3) is 5.56 Å². The van der Waals surface area contributed by atoms with Crippen LogP contribution in [-0.2, 0) is 28.4 Å². The van der Waals surface area contributed by atoms with Crippen molar-refractivity contribution in [3.8, 4) is 5.82 Å². The van der Waals surface area contributed by atoms with E-state index in [-0.39, 0.29) is 35.1 Å². The Morgan fingerprint density at radius 3 is 1.37 bits per heavy atom. The maximum Gasteiger partial charge on any atom is 0.351 e. The molecule has 386 valence electrons. The van der Waals surface area contributed by atoms with E-state index in [2.05, 4.69) is 35.0 Å². The summed E-state index contributed by atoms with van der Waals surface area (Å²) < 4.78 is 38.9. The Hall–Kier alpha value is -9.93. The van der Waals surface area contributed by atoms with Crippen molar-refractivity contribution < 1.29 is 47.6 Å². The topological polar surface area (TPSA) is 329 Å². The largest absolute Gasteiger partial charge is 0.451 e. The highest BCUT2D eigenvalue weighted by Gasteiger charge is 2.61. The van der Waals surface area contributed by atoms with Gasteiger partial charge >= 0.3 is 35.3 Å². The van der Waals surface area contributed by atoms with Gasteiger partial charge in [0, 0.05) is 40.7 Å². The average Bonchev–Trinajstić information content (AvgIpc) is 4.18. The van der Waals surface area contributed by atoms with Crippen LogP contribution < -0.4 is 16.9 Å². The van der Waals surface area contributed by atoms with Gasteiger partial charge < -0.3 is 28.4 Å². The summed E-state index contributed by atoms with van der Waals surface area (Å²) in [5.74, 6) is -2.81. The van der Waals surface area contributed by atoms with Gasteiger partial charge in [-0.05, 0) is 78.5 Å². The Balaban J connectivity index is 0.000000203. The zero-order valence-electron chi connectivity index (χ0n) is 40.2. The Bertz CT molecular complexity index is 3480. The van der Waals surface area contributed by atoms with Crippen molar-refractivity contribution in [2.24, 2.45) is 10.2 Å². The maximum atomic E-state index is 13.2. The third kappa shape index (κ3) is 11.2. The van der Waals surface area contributed by atoms with E-state index < -0.39 is 89.1 Å². The molecule has 1 N–H and O–H groups in total. The third-order valence-corrected chi connectivity index (χ3v) is 12.1. The molecule has 0 aliphatic carbocycles. The second-order valence-corrected chi connectivity index (χ2v) is 16.6. The first-order chi connectivity index (χ1) is 36.8. The zero-order chi connectivity index (χ0) is 53.8. The third-order valence-electron chi connectivity index (χ3n) is 12.1. The van der Waals surface area contributed by atoms with Crippen molar-refractivity contribution in [2.45, 2.75) is 75.0 Å². The lowest BCUT2D eigenvalue weighted by molar-refractivity contribution is -0.106. The van der Waals surface area contributed by atoms with E-state index in [1.54, 1.807) is 117 Å². The van der Waals surface area contributed by atoms with E-state index in [0.29, 0.717) is 5.82 Å². The lowest BCUT2D eigenvalue weighted by Gasteiger charge is -2.29. The molecule has 9 rings (SSSR count). The normalized spacial score (nSPS) is 22.3. The van der Waals surface area contributed by atoms with E-state index in [9.17, 15) is 44.6 Å². The predicted molar refractivity (Wildman–Crippen MR) is 264 cm³/mol. The van der Waals surface area contributed by atoms with Gasteiger partial charge in [-0.3, -0.25) is 23.5 Å². The quantitative estimate of drug-likeness (QED) is 0.0364. The number of H-pyrrole nitrogens is 1. The molecule has 2 fully saturated rings. The second-order valence-electron chi connectivity index (χ2n) is 16.6. The number of azide groups is 2. The first-order valence-corrected chi connectivity index (χ1v) is 23.3. The van der Waals surface area contributed by atoms with Crippen LogP contribution in [0.1, 0.15) is 80.6 Å². The fourth-order valence-electron chi connectivity index (χ4n) is 8.32. The summed E-state index contributed by atoms with van der Waals surface area (Å²) in [7, 11) is 0. The van der Waals surface area contributed by atoms with Crippen LogP contribution in [0.5, 0.6) is 0 Å². The number of hydrogen-bond acceptors (Lipinski definition) is 17. The highest BCUT2D eigenvalue weighted by molar-refractivity contribution is 5.91. The Labute approximate surface area is 429 Å². The minimum Gasteiger partial charge on any atom is -0.451 e. The van der Waals surface area contributed by atoms with Gasteiger partial charge in [0.2, 0.25) is 0 Å². The van der Waals surface area contributed by atoms with Crippen LogP contribution >= 0.6 is 0 Å². The first kappa shape index (κ1) is 52.4. The van der Waals surface area contributed by atoms with Crippen molar-refractivity contribution >= 4 is 23.9 Å². The summed E-state index contributed by atoms with van der Waals surface area (Å²) in [6.07, 6.45) is -1.25. The highest BCUT2D eigenvalue weighted by atomic mass is 16.7. The number of nitrogens with zero attached hydrogens (tertiary/aromatic N) is 11. The second kappa shape index (κ2) is 23.3. The van der Waals surface area contributed by atoms with E-state index in [1.807, 2.05) is 0 Å². The molecule has 2 saturated heterocycles. The van der Waals surface area contributed by atoms with Crippen LogP contribution in [-0.4, -0.2) is 88.4 Å². The van der Waals surface area contributed by atoms with Crippen molar-refractivity contribution in [3.63, 3.8) is 0 Å². The first-order valence-electron chi connectivity index (χ1n) is 23.3. The van der Waals surface area contributed by atoms with Gasteiger partial charge in [0.15, 0.2) is 48.3 Å². The summed E-state index contributed by atoms with van der Waals surface area (Å²) in [5.41, 5.74) is 13.6. The lowest BCUT2D eigenvalue weighted by Crippen LogP contribution is -2.46. The number of aromatic amines is 1. The molecule has 8 atom stereocenters. The number of nitrogens with one attached hydrogen (secondary N) is 1. The van der Waals surface area contributed by atoms with Gasteiger partial charge in [0.1, 0.15) is 12.1 Å². The molecule has 3 aromatic heterocycles. The summed E-state index contributed by atoms with van der Waals surface area (Å²) in [6.45, 7) is 3.27. The molecule has 25 nitrogen and oxygen atoms in total. The minimum absolute atomic E-state index is 0.00219. The van der Waals surface area contributed by atoms with Gasteiger partial charge in [-0.2, -0.15) is 4.98 Å². The van der Waals surface area contributed by atoms with Crippen molar-refractivity contribution in [2.75, 3.05) is 0 Å². The molecule has 2 aliphatic rings. The summed E-state index contributed by atoms with van der Waals surface area (Å²) in [5, 5.41) is 7.59. The molecule has 5 heterocycles. The standard InChI is InChI=1S/C27H23N7O6.C24H21N5O7/c1-2-27(31-32-28)22(39-25(36)19-11-7-4-8-12-19)21(38-24(35)18-9-5-3-6-10-18)23(40-27)34-15-13-20(30-26(34)37)33-16-14-29-17-33;1-2-24(27-28-25)19(35-22(32)16-11-7-4-8-12-16)18(34-21(31)15-9-5-3-6-10-15)20(36-24)29-14-13-17(30)26-23(29)33/h3-17,21-23H,2H2,1H3;3-14,18-20H,2H2,1H3,(H,26,30,33)/t21-,22+,23-,27-;18-,19+,20-,24-/m11/s1. The van der Waals surface area contributed by atoms with Gasteiger partial charge in [-0.25, -0.2) is 33.8 Å². The number of carbonyl (C=O) groups is 4. The molecule has 2 aliphatic heterocycles. The molecule has 25 heteroatoms. The minimum atomic E-state index is -1.83. The van der Waals surface area contributed by atoms with Crippen molar-refractivity contribution in [1.82, 2.24) is 28.7 Å². The number of benzene rings is 4. The van der Waals surface area contributed by atoms with Crippen LogP contribution in [0.4, 0.5) is 0 Å². The van der Waals surface area contributed by atoms with Crippen molar-refractivity contribution in [3.05, 3.63) is 239 Å². The maximum absolute atomic E-state index is 13.2. The van der Waals surface area contributed by atoms with Gasteiger partial charge in [0.05, 0.1) is 22.3 Å². The SMILES string of the molecule is CC[C@@]1(N=[N+]=[N-])O[C@@H](n2ccc(-n3ccnc3)nc2=O)[C@H](OC(=O)c2ccccc2)[C@@H]1OC(=O)c1ccccc1.CC[C@@]1(N=[N+]=[N-])O[C@@H](n2ccc(=O)[nH]c2=O)[C@H](OC(=O)c2ccccc2)[C@@H]1OC(=O)c1ccccc1. The molecule has 0 saturated carbocycles. The molecule has 0 spiro atoms. The number of rotatable bonds is 15. The summed E-state index contributed by atoms with van der Waals surface area (Å²) in [4.78, 5) is 106. The zero-order valence-corrected chi connectivity index (χ0v) is 40.2. The van der Waals surface area contributed by atoms with Crippen LogP contribution in [0.15, 0.2) is 189 Å². The molecule has 0 amide bonds. The predicted octanol–water partition coefficient (Wildman–Crippen LogP) is 6.76. The molecule has 0 bridgehead atoms. The van der Waals surface area contributed by atoms with E-state index in [4.69, 9.17) is 28.4 Å². The Kier molecular flexibility index (Phi) is 16.1. The van der Waals surface area contributed by atoms with Gasteiger partial charge in [-0.1, -0.05) is 96.9 Å². The molecular formula is C51H44N12O13. The van der Waals surface area contributed by atoms with E-state index >= 15 is 0 Å². The smallest absolute Gasteiger partial charge is 0.351 e. The number of hydrogen-bond donors (Lipinski definition) is 1. The fourth-order valence-corrected chi connectivity index (χ4v) is 8.32. The monoisotopic (exact) mass is 1030 g/mol. The number of imidazole rings is 1. The molecule has 0 unspecified atom stereocenters.